The zero-order valence-corrected chi connectivity index (χ0v) is 5.29. The normalized spacial score (nSPS) is 9.60. The largest absolute Gasteiger partial charge is 0.458 e. The van der Waals surface area contributed by atoms with Crippen molar-refractivity contribution in [1.82, 2.24) is 0 Å². The van der Waals surface area contributed by atoms with Gasteiger partial charge in [0, 0.05) is 6.07 Å². The Morgan fingerprint density at radius 3 is 2.80 bits per heavy atom. The molecule has 1 aromatic rings. The summed E-state index contributed by atoms with van der Waals surface area (Å²) in [6.07, 6.45) is 1.45. The van der Waals surface area contributed by atoms with Crippen LogP contribution in [0.4, 0.5) is 0 Å². The number of carbonyl (C=O) groups excluding carboxylic acids is 1. The first-order valence-corrected chi connectivity index (χ1v) is 2.79. The van der Waals surface area contributed by atoms with Crippen LogP contribution in [0.15, 0.2) is 23.5 Å². The molecule has 0 unspecified atom stereocenters. The fraction of sp³-hybridized carbons (Fsp3) is 0.143. The molecule has 0 aromatic heterocycles. The van der Waals surface area contributed by atoms with Crippen LogP contribution < -0.4 is 5.43 Å². The first-order valence-electron chi connectivity index (χ1n) is 2.79. The van der Waals surface area contributed by atoms with E-state index in [1.165, 1.54) is 12.1 Å². The molecule has 0 bridgehead atoms. The lowest BCUT2D eigenvalue weighted by atomic mass is 10.5. The Kier molecular flexibility index (Phi) is 1.67. The number of carbonyl (C=O) groups is 1. The van der Waals surface area contributed by atoms with Crippen molar-refractivity contribution in [2.75, 3.05) is 6.61 Å². The molecule has 0 fully saturated rings. The predicted octanol–water partition coefficient (Wildman–Crippen LogP) is 0.265. The van der Waals surface area contributed by atoms with Crippen LogP contribution in [0.3, 0.4) is 0 Å². The Morgan fingerprint density at radius 2 is 2.40 bits per heavy atom. The van der Waals surface area contributed by atoms with Gasteiger partial charge in [0.15, 0.2) is 5.43 Å². The van der Waals surface area contributed by atoms with Crippen molar-refractivity contribution in [1.29, 1.82) is 0 Å². The van der Waals surface area contributed by atoms with E-state index in [1.807, 2.05) is 0 Å². The Bertz CT molecular complexity index is 265. The van der Waals surface area contributed by atoms with Crippen molar-refractivity contribution in [2.24, 2.45) is 0 Å². The lowest BCUT2D eigenvalue weighted by Crippen LogP contribution is -2.03. The molecule has 0 saturated heterocycles. The minimum absolute atomic E-state index is 0.154. The molecule has 0 aliphatic heterocycles. The average Bonchev–Trinajstić information content (AvgIpc) is 2.62. The molecule has 0 spiro atoms. The maximum Gasteiger partial charge on any atom is 0.342 e. The van der Waals surface area contributed by atoms with E-state index in [2.05, 4.69) is 11.3 Å². The van der Waals surface area contributed by atoms with Crippen molar-refractivity contribution >= 4 is 5.97 Å². The van der Waals surface area contributed by atoms with Gasteiger partial charge in [0.05, 0.1) is 0 Å². The second-order valence-electron chi connectivity index (χ2n) is 1.81. The summed E-state index contributed by atoms with van der Waals surface area (Å²) in [5, 5.41) is 0. The monoisotopic (exact) mass is 138 g/mol. The summed E-state index contributed by atoms with van der Waals surface area (Å²) in [7, 11) is 0. The van der Waals surface area contributed by atoms with Gasteiger partial charge in [-0.05, 0) is 0 Å². The summed E-state index contributed by atoms with van der Waals surface area (Å²) in [5.41, 5.74) is -0.0732. The second kappa shape index (κ2) is 2.47. The first-order chi connectivity index (χ1) is 4.75. The number of rotatable bonds is 3. The number of ether oxygens (including phenoxy) is 1. The molecular formula is C7H6O3. The average molecular weight is 138 g/mol. The van der Waals surface area contributed by atoms with Crippen molar-refractivity contribution in [3.63, 3.8) is 0 Å². The van der Waals surface area contributed by atoms with Crippen molar-refractivity contribution in [2.45, 2.75) is 0 Å². The summed E-state index contributed by atoms with van der Waals surface area (Å²) in [5.74, 6) is -0.551. The molecule has 10 heavy (non-hydrogen) atoms. The summed E-state index contributed by atoms with van der Waals surface area (Å²) >= 11 is 0. The van der Waals surface area contributed by atoms with Gasteiger partial charge in [0.2, 0.25) is 0 Å². The molecule has 3 heteroatoms. The van der Waals surface area contributed by atoms with Gasteiger partial charge in [-0.3, -0.25) is 4.79 Å². The third-order valence-corrected chi connectivity index (χ3v) is 1.01. The van der Waals surface area contributed by atoms with E-state index in [-0.39, 0.29) is 17.6 Å². The van der Waals surface area contributed by atoms with E-state index >= 15 is 0 Å². The molecule has 1 rings (SSSR count). The highest BCUT2D eigenvalue weighted by atomic mass is 16.5. The first kappa shape index (κ1) is 6.74. The van der Waals surface area contributed by atoms with Crippen LogP contribution >= 0.6 is 0 Å². The van der Waals surface area contributed by atoms with E-state index in [9.17, 15) is 9.59 Å². The molecule has 0 N–H and O–H groups in total. The molecule has 0 aliphatic carbocycles. The molecule has 0 atom stereocenters. The number of esters is 1. The summed E-state index contributed by atoms with van der Waals surface area (Å²) in [4.78, 5) is 20.9. The van der Waals surface area contributed by atoms with Crippen molar-refractivity contribution < 1.29 is 9.53 Å². The Morgan fingerprint density at radius 1 is 1.80 bits per heavy atom. The van der Waals surface area contributed by atoms with E-state index in [1.54, 1.807) is 0 Å². The Hall–Kier alpha value is -1.38. The maximum absolute atomic E-state index is 10.6. The number of hydrogen-bond acceptors (Lipinski definition) is 3. The molecule has 52 valence electrons. The number of hydrogen-bond donors (Lipinski definition) is 0. The van der Waals surface area contributed by atoms with Crippen LogP contribution in [0.1, 0.15) is 10.4 Å². The molecule has 3 nitrogen and oxygen atoms in total. The molecular weight excluding hydrogens is 132 g/mol. The van der Waals surface area contributed by atoms with Crippen LogP contribution in [0.25, 0.3) is 0 Å². The van der Waals surface area contributed by atoms with Gasteiger partial charge < -0.3 is 4.74 Å². The van der Waals surface area contributed by atoms with Crippen molar-refractivity contribution in [3.05, 3.63) is 34.5 Å². The van der Waals surface area contributed by atoms with E-state index in [4.69, 9.17) is 0 Å². The minimum atomic E-state index is -0.551. The van der Waals surface area contributed by atoms with Crippen LogP contribution in [0.5, 0.6) is 0 Å². The Labute approximate surface area is 57.6 Å². The van der Waals surface area contributed by atoms with Crippen LogP contribution in [-0.4, -0.2) is 12.6 Å². The van der Waals surface area contributed by atoms with Gasteiger partial charge in [-0.15, -0.1) is 0 Å². The summed E-state index contributed by atoms with van der Waals surface area (Å²) < 4.78 is 4.54. The molecule has 0 saturated carbocycles. The lowest BCUT2D eigenvalue weighted by Gasteiger charge is -1.92. The highest BCUT2D eigenvalue weighted by Gasteiger charge is 2.18. The molecule has 0 radical (unpaired) electrons. The maximum atomic E-state index is 10.6. The van der Waals surface area contributed by atoms with Gasteiger partial charge in [0.25, 0.3) is 0 Å². The van der Waals surface area contributed by atoms with Gasteiger partial charge >= 0.3 is 5.97 Å². The summed E-state index contributed by atoms with van der Waals surface area (Å²) in [6.45, 7) is 3.51. The molecule has 0 heterocycles. The Balaban J connectivity index is 2.38. The van der Waals surface area contributed by atoms with E-state index < -0.39 is 5.97 Å². The second-order valence-corrected chi connectivity index (χ2v) is 1.81. The highest BCUT2D eigenvalue weighted by Crippen LogP contribution is 1.97. The standard InChI is InChI=1S/C7H6O3/c1-2-3-10-7(9)5-4-6(5)8/h2,4H,1,3H2. The highest BCUT2D eigenvalue weighted by molar-refractivity contribution is 5.92. The predicted molar refractivity (Wildman–Crippen MR) is 35.6 cm³/mol. The molecule has 0 amide bonds. The van der Waals surface area contributed by atoms with Gasteiger partial charge in [-0.1, -0.05) is 12.7 Å². The topological polar surface area (TPSA) is 43.4 Å². The zero-order valence-electron chi connectivity index (χ0n) is 5.29. The lowest BCUT2D eigenvalue weighted by molar-refractivity contribution is 0.0554. The van der Waals surface area contributed by atoms with Crippen molar-refractivity contribution in [3.8, 4) is 0 Å². The summed E-state index contributed by atoms with van der Waals surface area (Å²) in [6, 6.07) is 1.24. The molecule has 1 aromatic carbocycles. The van der Waals surface area contributed by atoms with Crippen LogP contribution in [0, 0.1) is 0 Å². The smallest absolute Gasteiger partial charge is 0.342 e. The van der Waals surface area contributed by atoms with Gasteiger partial charge in [-0.25, -0.2) is 4.79 Å². The van der Waals surface area contributed by atoms with Crippen LogP contribution in [0.2, 0.25) is 0 Å². The third kappa shape index (κ3) is 1.31. The quantitative estimate of drug-likeness (QED) is 0.444. The van der Waals surface area contributed by atoms with Crippen LogP contribution in [-0.2, 0) is 4.74 Å². The zero-order chi connectivity index (χ0) is 7.56. The molecule has 0 aliphatic rings. The SMILES string of the molecule is C=CCOC(=O)c1cc1=O. The van der Waals surface area contributed by atoms with E-state index in [0.717, 1.165) is 0 Å². The fourth-order valence-corrected chi connectivity index (χ4v) is 0.467. The van der Waals surface area contributed by atoms with E-state index in [0.29, 0.717) is 0 Å². The third-order valence-electron chi connectivity index (χ3n) is 1.01. The van der Waals surface area contributed by atoms with Gasteiger partial charge in [-0.2, -0.15) is 0 Å². The van der Waals surface area contributed by atoms with Gasteiger partial charge in [0.1, 0.15) is 12.2 Å². The minimum Gasteiger partial charge on any atom is -0.458 e. The fourth-order valence-electron chi connectivity index (χ4n) is 0.467.